The Bertz CT molecular complexity index is 1010. The SMILES string of the molecule is Cc1c(O[C@@H](C)CO[C@H](C)CC(=O)N2CCN(c3ccc(C#N)cn3)CC2)cn[nH]c1=O. The Morgan fingerprint density at radius 2 is 1.97 bits per heavy atom. The van der Waals surface area contributed by atoms with E-state index in [1.807, 2.05) is 24.8 Å². The number of H-pyrrole nitrogens is 1. The molecule has 0 aromatic carbocycles. The number of aromatic amines is 1. The number of piperazine rings is 1. The molecule has 0 unspecified atom stereocenters. The Labute approximate surface area is 186 Å². The molecule has 1 saturated heterocycles. The van der Waals surface area contributed by atoms with E-state index in [2.05, 4.69) is 26.2 Å². The van der Waals surface area contributed by atoms with Crippen molar-refractivity contribution in [1.29, 1.82) is 5.26 Å². The number of carbonyl (C=O) groups excluding carboxylic acids is 1. The molecule has 10 nitrogen and oxygen atoms in total. The highest BCUT2D eigenvalue weighted by atomic mass is 16.5. The molecule has 0 saturated carbocycles. The van der Waals surface area contributed by atoms with Crippen molar-refractivity contribution in [3.63, 3.8) is 0 Å². The van der Waals surface area contributed by atoms with Crippen LogP contribution in [-0.4, -0.2) is 71.0 Å². The molecule has 1 amide bonds. The maximum Gasteiger partial charge on any atom is 0.270 e. The lowest BCUT2D eigenvalue weighted by molar-refractivity contribution is -0.134. The topological polar surface area (TPSA) is 124 Å². The summed E-state index contributed by atoms with van der Waals surface area (Å²) in [7, 11) is 0. The maximum absolute atomic E-state index is 12.7. The van der Waals surface area contributed by atoms with Crippen molar-refractivity contribution >= 4 is 11.7 Å². The molecule has 1 aliphatic rings. The fourth-order valence-electron chi connectivity index (χ4n) is 3.37. The van der Waals surface area contributed by atoms with Crippen LogP contribution in [-0.2, 0) is 9.53 Å². The molecule has 3 heterocycles. The molecule has 3 rings (SSSR count). The third-order valence-corrected chi connectivity index (χ3v) is 5.30. The lowest BCUT2D eigenvalue weighted by Crippen LogP contribution is -2.49. The zero-order chi connectivity index (χ0) is 23.1. The standard InChI is InChI=1S/C22H28N6O4/c1-15(31-14-16(2)32-19-13-25-26-22(30)17(19)3)10-21(29)28-8-6-27(7-9-28)20-5-4-18(11-23)12-24-20/h4-5,12-13,15-16H,6-10,14H2,1-3H3,(H,26,30)/t15-,16+/m1/s1. The van der Waals surface area contributed by atoms with Crippen molar-refractivity contribution in [2.45, 2.75) is 39.4 Å². The molecule has 1 N–H and O–H groups in total. The van der Waals surface area contributed by atoms with Crippen molar-refractivity contribution in [3.05, 3.63) is 46.0 Å². The largest absolute Gasteiger partial charge is 0.486 e. The first-order valence-corrected chi connectivity index (χ1v) is 10.6. The smallest absolute Gasteiger partial charge is 0.270 e. The van der Waals surface area contributed by atoms with Gasteiger partial charge < -0.3 is 19.3 Å². The highest BCUT2D eigenvalue weighted by Crippen LogP contribution is 2.16. The number of nitrogens with one attached hydrogen (secondary N) is 1. The minimum atomic E-state index is -0.293. The molecule has 1 aliphatic heterocycles. The van der Waals surface area contributed by atoms with Gasteiger partial charge in [-0.05, 0) is 32.9 Å². The first-order chi connectivity index (χ1) is 15.4. The van der Waals surface area contributed by atoms with Crippen LogP contribution < -0.4 is 15.2 Å². The van der Waals surface area contributed by atoms with Crippen molar-refractivity contribution in [2.24, 2.45) is 0 Å². The summed E-state index contributed by atoms with van der Waals surface area (Å²) in [4.78, 5) is 32.5. The number of amides is 1. The average Bonchev–Trinajstić information content (AvgIpc) is 2.81. The highest BCUT2D eigenvalue weighted by molar-refractivity contribution is 5.77. The second-order valence-electron chi connectivity index (χ2n) is 7.85. The molecule has 2 atom stereocenters. The summed E-state index contributed by atoms with van der Waals surface area (Å²) in [6.07, 6.45) is 2.76. The minimum absolute atomic E-state index is 0.0492. The fraction of sp³-hybridized carbons (Fsp3) is 0.500. The van der Waals surface area contributed by atoms with Gasteiger partial charge in [-0.3, -0.25) is 9.59 Å². The quantitative estimate of drug-likeness (QED) is 0.650. The van der Waals surface area contributed by atoms with E-state index in [-0.39, 0.29) is 30.1 Å². The van der Waals surface area contributed by atoms with Gasteiger partial charge in [-0.2, -0.15) is 10.4 Å². The van der Waals surface area contributed by atoms with Crippen LogP contribution in [0.15, 0.2) is 29.3 Å². The number of hydrogen-bond acceptors (Lipinski definition) is 8. The maximum atomic E-state index is 12.7. The molecular weight excluding hydrogens is 412 g/mol. The number of aromatic nitrogens is 3. The highest BCUT2D eigenvalue weighted by Gasteiger charge is 2.23. The first-order valence-electron chi connectivity index (χ1n) is 10.6. The Morgan fingerprint density at radius 3 is 2.62 bits per heavy atom. The summed E-state index contributed by atoms with van der Waals surface area (Å²) in [5, 5.41) is 15.0. The van der Waals surface area contributed by atoms with Gasteiger partial charge in [-0.25, -0.2) is 10.1 Å². The van der Waals surface area contributed by atoms with Crippen LogP contribution in [0.4, 0.5) is 5.82 Å². The number of carbonyl (C=O) groups is 1. The molecule has 2 aromatic rings. The van der Waals surface area contributed by atoms with Gasteiger partial charge >= 0.3 is 0 Å². The van der Waals surface area contributed by atoms with Crippen LogP contribution >= 0.6 is 0 Å². The second-order valence-corrected chi connectivity index (χ2v) is 7.85. The summed E-state index contributed by atoms with van der Waals surface area (Å²) < 4.78 is 11.5. The van der Waals surface area contributed by atoms with E-state index in [1.165, 1.54) is 6.20 Å². The third kappa shape index (κ3) is 6.04. The van der Waals surface area contributed by atoms with Gasteiger partial charge in [0.1, 0.15) is 23.7 Å². The van der Waals surface area contributed by atoms with Gasteiger partial charge in [-0.15, -0.1) is 0 Å². The second kappa shape index (κ2) is 10.7. The normalized spacial score (nSPS) is 15.7. The zero-order valence-corrected chi connectivity index (χ0v) is 18.6. The van der Waals surface area contributed by atoms with Crippen molar-refractivity contribution in [1.82, 2.24) is 20.1 Å². The van der Waals surface area contributed by atoms with Gasteiger partial charge in [0.25, 0.3) is 5.56 Å². The van der Waals surface area contributed by atoms with E-state index < -0.39 is 0 Å². The van der Waals surface area contributed by atoms with Crippen LogP contribution in [0.3, 0.4) is 0 Å². The summed E-state index contributed by atoms with van der Waals surface area (Å²) in [5.74, 6) is 1.28. The van der Waals surface area contributed by atoms with Gasteiger partial charge in [0, 0.05) is 32.4 Å². The van der Waals surface area contributed by atoms with E-state index in [0.29, 0.717) is 49.7 Å². The van der Waals surface area contributed by atoms with E-state index >= 15 is 0 Å². The van der Waals surface area contributed by atoms with Crippen molar-refractivity contribution in [3.8, 4) is 11.8 Å². The Morgan fingerprint density at radius 1 is 1.22 bits per heavy atom. The number of rotatable bonds is 8. The van der Waals surface area contributed by atoms with E-state index in [9.17, 15) is 9.59 Å². The zero-order valence-electron chi connectivity index (χ0n) is 18.6. The van der Waals surface area contributed by atoms with Gasteiger partial charge in [0.05, 0.1) is 36.5 Å². The van der Waals surface area contributed by atoms with Crippen molar-refractivity contribution in [2.75, 3.05) is 37.7 Å². The number of nitriles is 1. The molecule has 2 aromatic heterocycles. The molecule has 0 spiro atoms. The predicted octanol–water partition coefficient (Wildman–Crippen LogP) is 1.26. The number of nitrogens with zero attached hydrogens (tertiary/aromatic N) is 5. The van der Waals surface area contributed by atoms with Gasteiger partial charge in [-0.1, -0.05) is 0 Å². The molecule has 0 aliphatic carbocycles. The summed E-state index contributed by atoms with van der Waals surface area (Å²) in [6, 6.07) is 5.64. The van der Waals surface area contributed by atoms with E-state index in [4.69, 9.17) is 14.7 Å². The van der Waals surface area contributed by atoms with Crippen molar-refractivity contribution < 1.29 is 14.3 Å². The molecule has 10 heteroatoms. The van der Waals surface area contributed by atoms with Crippen LogP contribution in [0.25, 0.3) is 0 Å². The number of hydrogen-bond donors (Lipinski definition) is 1. The number of ether oxygens (including phenoxy) is 2. The van der Waals surface area contributed by atoms with E-state index in [0.717, 1.165) is 5.82 Å². The van der Waals surface area contributed by atoms with Crippen LogP contribution in [0.5, 0.6) is 5.75 Å². The monoisotopic (exact) mass is 440 g/mol. The van der Waals surface area contributed by atoms with Crippen LogP contribution in [0, 0.1) is 18.3 Å². The first kappa shape index (κ1) is 23.2. The summed E-state index contributed by atoms with van der Waals surface area (Å²) in [5.41, 5.74) is 0.704. The molecular formula is C22H28N6O4. The molecule has 1 fully saturated rings. The Kier molecular flexibility index (Phi) is 7.78. The molecule has 0 radical (unpaired) electrons. The average molecular weight is 441 g/mol. The lowest BCUT2D eigenvalue weighted by Gasteiger charge is -2.35. The van der Waals surface area contributed by atoms with Gasteiger partial charge in [0.15, 0.2) is 0 Å². The molecule has 0 bridgehead atoms. The Hall–Kier alpha value is -3.45. The summed E-state index contributed by atoms with van der Waals surface area (Å²) in [6.45, 7) is 8.26. The lowest BCUT2D eigenvalue weighted by atomic mass is 10.2. The minimum Gasteiger partial charge on any atom is -0.486 e. The third-order valence-electron chi connectivity index (χ3n) is 5.30. The number of anilines is 1. The number of pyridine rings is 1. The fourth-order valence-corrected chi connectivity index (χ4v) is 3.37. The molecule has 170 valence electrons. The summed E-state index contributed by atoms with van der Waals surface area (Å²) >= 11 is 0. The van der Waals surface area contributed by atoms with Crippen LogP contribution in [0.1, 0.15) is 31.4 Å². The van der Waals surface area contributed by atoms with E-state index in [1.54, 1.807) is 19.2 Å². The molecule has 32 heavy (non-hydrogen) atoms. The Balaban J connectivity index is 1.40. The predicted molar refractivity (Wildman–Crippen MR) is 117 cm³/mol. The van der Waals surface area contributed by atoms with Crippen LogP contribution in [0.2, 0.25) is 0 Å². The van der Waals surface area contributed by atoms with Gasteiger partial charge in [0.2, 0.25) is 5.91 Å².